The third-order valence-electron chi connectivity index (χ3n) is 5.53. The van der Waals surface area contributed by atoms with Crippen LogP contribution in [-0.2, 0) is 23.9 Å². The fourth-order valence-electron chi connectivity index (χ4n) is 2.54. The lowest BCUT2D eigenvalue weighted by molar-refractivity contribution is -0.169. The van der Waals surface area contributed by atoms with Crippen LogP contribution in [0.25, 0.3) is 0 Å². The summed E-state index contributed by atoms with van der Waals surface area (Å²) in [5.74, 6) is -1.30. The smallest absolute Gasteiger partial charge is 0.348 e. The summed E-state index contributed by atoms with van der Waals surface area (Å²) in [6.45, 7) is 10.9. The summed E-state index contributed by atoms with van der Waals surface area (Å²) in [5, 5.41) is 8.44. The van der Waals surface area contributed by atoms with Gasteiger partial charge in [0, 0.05) is 5.92 Å². The summed E-state index contributed by atoms with van der Waals surface area (Å²) in [6, 6.07) is 0. The topological polar surface area (TPSA) is 89.9 Å². The molecule has 6 heteroatoms. The third kappa shape index (κ3) is 5.19. The van der Waals surface area contributed by atoms with Crippen molar-refractivity contribution in [3.05, 3.63) is 0 Å². The summed E-state index contributed by atoms with van der Waals surface area (Å²) >= 11 is 0. The average molecular weight is 356 g/mol. The highest BCUT2D eigenvalue weighted by Gasteiger charge is 2.50. The number of carbonyl (C=O) groups excluding carboxylic acids is 2. The van der Waals surface area contributed by atoms with E-state index in [2.05, 4.69) is 0 Å². The number of hydrogen-bond acceptors (Lipinski definition) is 5. The molecule has 25 heavy (non-hydrogen) atoms. The molecule has 144 valence electrons. The van der Waals surface area contributed by atoms with Crippen LogP contribution in [0.2, 0.25) is 0 Å². The molecule has 0 aromatic carbocycles. The van der Waals surface area contributed by atoms with Gasteiger partial charge in [-0.1, -0.05) is 13.8 Å². The zero-order chi connectivity index (χ0) is 19.4. The molecule has 3 unspecified atom stereocenters. The first-order chi connectivity index (χ1) is 11.5. The summed E-state index contributed by atoms with van der Waals surface area (Å²) < 4.78 is 10.6. The number of hydrogen-bond donors (Lipinski definition) is 1. The van der Waals surface area contributed by atoms with Gasteiger partial charge in [-0.2, -0.15) is 0 Å². The van der Waals surface area contributed by atoms with Gasteiger partial charge >= 0.3 is 17.9 Å². The van der Waals surface area contributed by atoms with Crippen molar-refractivity contribution in [2.45, 2.75) is 85.9 Å². The molecule has 1 heterocycles. The molecule has 1 aliphatic carbocycles. The van der Waals surface area contributed by atoms with Crippen molar-refractivity contribution in [1.82, 2.24) is 0 Å². The fourth-order valence-corrected chi connectivity index (χ4v) is 2.54. The zero-order valence-electron chi connectivity index (χ0n) is 16.3. The van der Waals surface area contributed by atoms with E-state index in [0.717, 1.165) is 19.3 Å². The van der Waals surface area contributed by atoms with Gasteiger partial charge in [0.05, 0.1) is 10.8 Å². The van der Waals surface area contributed by atoms with E-state index < -0.39 is 22.9 Å². The van der Waals surface area contributed by atoms with Crippen LogP contribution in [0.1, 0.15) is 73.6 Å². The summed E-state index contributed by atoms with van der Waals surface area (Å²) in [5.41, 5.74) is -1.07. The van der Waals surface area contributed by atoms with E-state index in [-0.39, 0.29) is 24.0 Å². The third-order valence-corrected chi connectivity index (χ3v) is 5.53. The van der Waals surface area contributed by atoms with Gasteiger partial charge in [0.1, 0.15) is 6.10 Å². The van der Waals surface area contributed by atoms with E-state index in [9.17, 15) is 14.4 Å². The van der Waals surface area contributed by atoms with Crippen LogP contribution in [0.15, 0.2) is 0 Å². The van der Waals surface area contributed by atoms with Gasteiger partial charge in [0.25, 0.3) is 0 Å². The lowest BCUT2D eigenvalue weighted by Crippen LogP contribution is -2.35. The summed E-state index contributed by atoms with van der Waals surface area (Å²) in [7, 11) is 0. The Balaban J connectivity index is 0.000000333. The highest BCUT2D eigenvalue weighted by molar-refractivity contribution is 5.83. The number of carbonyl (C=O) groups is 3. The van der Waals surface area contributed by atoms with E-state index >= 15 is 0 Å². The number of aliphatic carboxylic acids is 1. The average Bonchev–Trinajstić information content (AvgIpc) is 3.10. The van der Waals surface area contributed by atoms with Crippen molar-refractivity contribution >= 4 is 17.9 Å². The standard InChI is InChI=1S/C13H20O4.C6H12O2/c1-4-13(2,3)12(15)17-10-8-6-5-7-9(8)16-11(10)14;1-4-6(2,3)5(7)8/h8-10H,4-7H2,1-3H3;4H2,1-3H3,(H,7,8). The van der Waals surface area contributed by atoms with Crippen LogP contribution >= 0.6 is 0 Å². The second-order valence-corrected chi connectivity index (χ2v) is 8.18. The molecule has 0 bridgehead atoms. The molecule has 1 saturated heterocycles. The van der Waals surface area contributed by atoms with Crippen LogP contribution in [0.3, 0.4) is 0 Å². The monoisotopic (exact) mass is 356 g/mol. The largest absolute Gasteiger partial charge is 0.481 e. The van der Waals surface area contributed by atoms with E-state index in [1.807, 2.05) is 27.7 Å². The molecular weight excluding hydrogens is 324 g/mol. The van der Waals surface area contributed by atoms with Crippen LogP contribution in [0.5, 0.6) is 0 Å². The lowest BCUT2D eigenvalue weighted by Gasteiger charge is -2.23. The van der Waals surface area contributed by atoms with Gasteiger partial charge in [0.2, 0.25) is 6.10 Å². The quantitative estimate of drug-likeness (QED) is 0.758. The second-order valence-electron chi connectivity index (χ2n) is 8.18. The molecule has 3 atom stereocenters. The lowest BCUT2D eigenvalue weighted by atomic mass is 9.90. The zero-order valence-corrected chi connectivity index (χ0v) is 16.3. The van der Waals surface area contributed by atoms with Gasteiger partial charge in [0.15, 0.2) is 0 Å². The van der Waals surface area contributed by atoms with Crippen molar-refractivity contribution in [2.24, 2.45) is 16.7 Å². The molecule has 1 aliphatic heterocycles. The molecule has 0 spiro atoms. The Hall–Kier alpha value is -1.59. The molecule has 0 radical (unpaired) electrons. The van der Waals surface area contributed by atoms with Crippen molar-refractivity contribution in [2.75, 3.05) is 0 Å². The number of ether oxygens (including phenoxy) is 2. The predicted molar refractivity (Wildman–Crippen MR) is 92.9 cm³/mol. The molecule has 0 aromatic rings. The Morgan fingerprint density at radius 1 is 1.12 bits per heavy atom. The maximum absolute atomic E-state index is 12.0. The van der Waals surface area contributed by atoms with E-state index in [4.69, 9.17) is 14.6 Å². The molecule has 2 fully saturated rings. The van der Waals surface area contributed by atoms with Crippen molar-refractivity contribution in [1.29, 1.82) is 0 Å². The first kappa shape index (κ1) is 21.5. The van der Waals surface area contributed by atoms with Gasteiger partial charge in [-0.3, -0.25) is 9.59 Å². The fraction of sp³-hybridized carbons (Fsp3) is 0.842. The van der Waals surface area contributed by atoms with Crippen molar-refractivity contribution in [3.8, 4) is 0 Å². The van der Waals surface area contributed by atoms with E-state index in [1.54, 1.807) is 13.8 Å². The molecule has 6 nitrogen and oxygen atoms in total. The van der Waals surface area contributed by atoms with Crippen molar-refractivity contribution in [3.63, 3.8) is 0 Å². The molecule has 2 rings (SSSR count). The first-order valence-corrected chi connectivity index (χ1v) is 9.11. The highest BCUT2D eigenvalue weighted by Crippen LogP contribution is 2.39. The number of carboxylic acids is 1. The van der Waals surface area contributed by atoms with Gasteiger partial charge in [-0.05, 0) is 59.8 Å². The minimum absolute atomic E-state index is 0.0231. The Morgan fingerprint density at radius 2 is 1.68 bits per heavy atom. The molecule has 1 N–H and O–H groups in total. The summed E-state index contributed by atoms with van der Waals surface area (Å²) in [4.78, 5) is 33.8. The normalized spacial score (nSPS) is 25.5. The molecule has 0 aromatic heterocycles. The molecular formula is C19H32O6. The van der Waals surface area contributed by atoms with Crippen LogP contribution in [0, 0.1) is 16.7 Å². The number of fused-ring (bicyclic) bond motifs is 1. The maximum Gasteiger partial charge on any atom is 0.348 e. The van der Waals surface area contributed by atoms with Crippen LogP contribution < -0.4 is 0 Å². The molecule has 0 amide bonds. The van der Waals surface area contributed by atoms with Crippen LogP contribution in [0.4, 0.5) is 0 Å². The van der Waals surface area contributed by atoms with Gasteiger partial charge in [-0.25, -0.2) is 4.79 Å². The number of rotatable bonds is 5. The van der Waals surface area contributed by atoms with Gasteiger partial charge < -0.3 is 14.6 Å². The Morgan fingerprint density at radius 3 is 2.12 bits per heavy atom. The molecule has 2 aliphatic rings. The Kier molecular flexibility index (Phi) is 7.03. The van der Waals surface area contributed by atoms with Crippen LogP contribution in [-0.4, -0.2) is 35.2 Å². The Bertz CT molecular complexity index is 508. The maximum atomic E-state index is 12.0. The minimum atomic E-state index is -0.722. The van der Waals surface area contributed by atoms with Gasteiger partial charge in [-0.15, -0.1) is 0 Å². The van der Waals surface area contributed by atoms with E-state index in [1.165, 1.54) is 0 Å². The predicted octanol–water partition coefficient (Wildman–Crippen LogP) is 3.57. The minimum Gasteiger partial charge on any atom is -0.481 e. The Labute approximate surface area is 150 Å². The number of esters is 2. The molecule has 1 saturated carbocycles. The highest BCUT2D eigenvalue weighted by atomic mass is 16.6. The van der Waals surface area contributed by atoms with E-state index in [0.29, 0.717) is 12.8 Å². The SMILES string of the molecule is CCC(C)(C)C(=O)O.CCC(C)(C)C(=O)OC1C(=O)OC2CCCC21. The first-order valence-electron chi connectivity index (χ1n) is 9.11. The van der Waals surface area contributed by atoms with Crippen molar-refractivity contribution < 1.29 is 29.0 Å². The summed E-state index contributed by atoms with van der Waals surface area (Å²) in [6.07, 6.45) is 3.56. The second kappa shape index (κ2) is 8.19. The number of carboxylic acid groups (broad SMARTS) is 1.